The minimum absolute atomic E-state index is 0. The predicted octanol–water partition coefficient (Wildman–Crippen LogP) is 5.24. The summed E-state index contributed by atoms with van der Waals surface area (Å²) in [6.07, 6.45) is 4.25. The Morgan fingerprint density at radius 2 is 1.74 bits per heavy atom. The van der Waals surface area contributed by atoms with Crippen LogP contribution in [0.15, 0.2) is 54.7 Å². The number of carbonyl (C=O) groups excluding carboxylic acids is 1. The van der Waals surface area contributed by atoms with E-state index in [1.807, 2.05) is 36.2 Å². The number of piperidine rings is 1. The molecule has 9 heteroatoms. The number of amides is 1. The van der Waals surface area contributed by atoms with Crippen LogP contribution in [0, 0.1) is 0 Å². The number of hydrogen-bond donors (Lipinski definition) is 0. The maximum Gasteiger partial charge on any atom is 0.222 e. The van der Waals surface area contributed by atoms with Crippen LogP contribution in [0.5, 0.6) is 11.5 Å². The van der Waals surface area contributed by atoms with Crippen molar-refractivity contribution in [2.75, 3.05) is 52.5 Å². The minimum atomic E-state index is 0. The van der Waals surface area contributed by atoms with E-state index in [-0.39, 0.29) is 36.8 Å². The second kappa shape index (κ2) is 14.5. The lowest BCUT2D eigenvalue weighted by atomic mass is 10.0. The van der Waals surface area contributed by atoms with Crippen LogP contribution in [0.3, 0.4) is 0 Å². The Labute approximate surface area is 237 Å². The Morgan fingerprint density at radius 3 is 2.45 bits per heavy atom. The molecule has 0 saturated carbocycles. The van der Waals surface area contributed by atoms with E-state index >= 15 is 0 Å². The zero-order chi connectivity index (χ0) is 24.7. The molecule has 0 unspecified atom stereocenters. The second-order valence-corrected chi connectivity index (χ2v) is 9.40. The van der Waals surface area contributed by atoms with Gasteiger partial charge in [0, 0.05) is 69.1 Å². The number of rotatable bonds is 8. The molecule has 2 fully saturated rings. The molecule has 206 valence electrons. The van der Waals surface area contributed by atoms with Crippen LogP contribution in [0.25, 0.3) is 22.0 Å². The highest BCUT2D eigenvalue weighted by Gasteiger charge is 2.23. The van der Waals surface area contributed by atoms with Gasteiger partial charge >= 0.3 is 0 Å². The summed E-state index contributed by atoms with van der Waals surface area (Å²) in [4.78, 5) is 20.9. The Hall–Kier alpha value is -2.58. The largest absolute Gasteiger partial charge is 0.490 e. The third kappa shape index (κ3) is 7.29. The number of aromatic nitrogens is 1. The zero-order valence-electron chi connectivity index (χ0n) is 21.8. The Balaban J connectivity index is 0.00000200. The van der Waals surface area contributed by atoms with E-state index < -0.39 is 0 Å². The molecule has 7 nitrogen and oxygen atoms in total. The molecule has 3 aromatic rings. The number of pyridine rings is 1. The minimum Gasteiger partial charge on any atom is -0.490 e. The van der Waals surface area contributed by atoms with Crippen molar-refractivity contribution in [3.8, 4) is 22.6 Å². The van der Waals surface area contributed by atoms with Gasteiger partial charge in [0.1, 0.15) is 24.0 Å². The van der Waals surface area contributed by atoms with E-state index in [1.165, 1.54) is 0 Å². The smallest absolute Gasteiger partial charge is 0.222 e. The van der Waals surface area contributed by atoms with Gasteiger partial charge in [-0.1, -0.05) is 31.2 Å². The molecule has 0 aliphatic carbocycles. The first-order chi connectivity index (χ1) is 17.7. The SMILES string of the molecule is CCC(=O)N1CCC(Oc2ccc(-c3ccc4cccnc4c3OCCN3CCOCC3)cc2)CC1.Cl.Cl. The fourth-order valence-corrected chi connectivity index (χ4v) is 4.95. The number of carbonyl (C=O) groups is 1. The molecule has 0 bridgehead atoms. The third-order valence-electron chi connectivity index (χ3n) is 7.05. The summed E-state index contributed by atoms with van der Waals surface area (Å²) >= 11 is 0. The summed E-state index contributed by atoms with van der Waals surface area (Å²) in [5, 5.41) is 1.07. The zero-order valence-corrected chi connectivity index (χ0v) is 23.5. The first-order valence-corrected chi connectivity index (χ1v) is 13.1. The molecule has 0 N–H and O–H groups in total. The Bertz CT molecular complexity index is 1160. The maximum atomic E-state index is 11.9. The lowest BCUT2D eigenvalue weighted by Gasteiger charge is -2.32. The average Bonchev–Trinajstić information content (AvgIpc) is 2.94. The van der Waals surface area contributed by atoms with Crippen LogP contribution in [-0.2, 0) is 9.53 Å². The summed E-state index contributed by atoms with van der Waals surface area (Å²) in [7, 11) is 0. The van der Waals surface area contributed by atoms with E-state index in [2.05, 4.69) is 40.2 Å². The standard InChI is InChI=1S/C29H35N3O4.2ClH/c1-2-27(33)32-14-11-25(12-15-32)36-24-8-5-22(6-9-24)26-10-7-23-4-3-13-30-28(23)29(26)35-21-18-31-16-19-34-20-17-31;;/h3-10,13,25H,2,11-12,14-21H2,1H3;2*1H. The second-order valence-electron chi connectivity index (χ2n) is 9.40. The third-order valence-corrected chi connectivity index (χ3v) is 7.05. The van der Waals surface area contributed by atoms with Crippen molar-refractivity contribution in [2.45, 2.75) is 32.3 Å². The van der Waals surface area contributed by atoms with E-state index in [9.17, 15) is 4.79 Å². The van der Waals surface area contributed by atoms with Crippen molar-refractivity contribution in [3.05, 3.63) is 54.7 Å². The van der Waals surface area contributed by atoms with Gasteiger partial charge in [0.05, 0.1) is 13.2 Å². The van der Waals surface area contributed by atoms with Crippen molar-refractivity contribution in [1.82, 2.24) is 14.8 Å². The summed E-state index contributed by atoms with van der Waals surface area (Å²) in [6, 6.07) is 16.5. The molecule has 0 spiro atoms. The van der Waals surface area contributed by atoms with E-state index in [0.717, 1.165) is 92.3 Å². The van der Waals surface area contributed by atoms with Gasteiger partial charge in [0.15, 0.2) is 5.75 Å². The van der Waals surface area contributed by atoms with Crippen LogP contribution >= 0.6 is 24.8 Å². The molecule has 2 saturated heterocycles. The number of likely N-dealkylation sites (tertiary alicyclic amines) is 1. The fourth-order valence-electron chi connectivity index (χ4n) is 4.95. The van der Waals surface area contributed by atoms with Gasteiger partial charge in [0.25, 0.3) is 0 Å². The monoisotopic (exact) mass is 561 g/mol. The topological polar surface area (TPSA) is 64.1 Å². The molecule has 1 aromatic heterocycles. The van der Waals surface area contributed by atoms with Gasteiger partial charge in [0.2, 0.25) is 5.91 Å². The van der Waals surface area contributed by atoms with Gasteiger partial charge < -0.3 is 19.1 Å². The van der Waals surface area contributed by atoms with Crippen LogP contribution in [0.4, 0.5) is 0 Å². The molecular weight excluding hydrogens is 525 g/mol. The predicted molar refractivity (Wildman–Crippen MR) is 155 cm³/mol. The highest BCUT2D eigenvalue weighted by atomic mass is 35.5. The number of hydrogen-bond acceptors (Lipinski definition) is 6. The summed E-state index contributed by atoms with van der Waals surface area (Å²) in [5.41, 5.74) is 2.98. The number of ether oxygens (including phenoxy) is 3. The van der Waals surface area contributed by atoms with E-state index in [1.54, 1.807) is 0 Å². The van der Waals surface area contributed by atoms with Crippen molar-refractivity contribution >= 4 is 41.6 Å². The maximum absolute atomic E-state index is 11.9. The molecule has 3 heterocycles. The lowest BCUT2D eigenvalue weighted by molar-refractivity contribution is -0.132. The Kier molecular flexibility index (Phi) is 11.5. The van der Waals surface area contributed by atoms with Crippen LogP contribution < -0.4 is 9.47 Å². The highest BCUT2D eigenvalue weighted by Crippen LogP contribution is 2.36. The van der Waals surface area contributed by atoms with Crippen LogP contribution in [0.1, 0.15) is 26.2 Å². The first kappa shape index (κ1) is 30.0. The van der Waals surface area contributed by atoms with Gasteiger partial charge in [-0.15, -0.1) is 24.8 Å². The molecule has 0 atom stereocenters. The van der Waals surface area contributed by atoms with Gasteiger partial charge in [-0.2, -0.15) is 0 Å². The molecule has 38 heavy (non-hydrogen) atoms. The first-order valence-electron chi connectivity index (χ1n) is 13.1. The quantitative estimate of drug-likeness (QED) is 0.375. The molecule has 2 aromatic carbocycles. The summed E-state index contributed by atoms with van der Waals surface area (Å²) < 4.78 is 18.1. The van der Waals surface area contributed by atoms with Gasteiger partial charge in [-0.25, -0.2) is 0 Å². The number of morpholine rings is 1. The van der Waals surface area contributed by atoms with Crippen molar-refractivity contribution in [3.63, 3.8) is 0 Å². The molecule has 2 aliphatic heterocycles. The van der Waals surface area contributed by atoms with E-state index in [0.29, 0.717) is 13.0 Å². The highest BCUT2D eigenvalue weighted by molar-refractivity contribution is 5.92. The number of halogens is 2. The summed E-state index contributed by atoms with van der Waals surface area (Å²) in [5.74, 6) is 1.90. The van der Waals surface area contributed by atoms with Gasteiger partial charge in [-0.3, -0.25) is 14.7 Å². The normalized spacial score (nSPS) is 16.4. The number of fused-ring (bicyclic) bond motifs is 1. The average molecular weight is 563 g/mol. The summed E-state index contributed by atoms with van der Waals surface area (Å²) in [6.45, 7) is 8.37. The fraction of sp³-hybridized carbons (Fsp3) is 0.448. The van der Waals surface area contributed by atoms with Gasteiger partial charge in [-0.05, 0) is 29.8 Å². The van der Waals surface area contributed by atoms with Crippen molar-refractivity contribution in [1.29, 1.82) is 0 Å². The number of benzene rings is 2. The Morgan fingerprint density at radius 1 is 1.00 bits per heavy atom. The molecule has 2 aliphatic rings. The van der Waals surface area contributed by atoms with E-state index in [4.69, 9.17) is 14.2 Å². The van der Waals surface area contributed by atoms with Crippen molar-refractivity contribution in [2.24, 2.45) is 0 Å². The molecule has 0 radical (unpaired) electrons. The lowest BCUT2D eigenvalue weighted by Crippen LogP contribution is -2.41. The number of nitrogens with zero attached hydrogens (tertiary/aromatic N) is 3. The molecule has 1 amide bonds. The molecular formula is C29H37Cl2N3O4. The van der Waals surface area contributed by atoms with Crippen LogP contribution in [-0.4, -0.2) is 79.3 Å². The molecule has 5 rings (SSSR count). The van der Waals surface area contributed by atoms with Crippen LogP contribution in [0.2, 0.25) is 0 Å². The van der Waals surface area contributed by atoms with Crippen molar-refractivity contribution < 1.29 is 19.0 Å².